The van der Waals surface area contributed by atoms with Crippen LogP contribution in [0.25, 0.3) is 0 Å². The summed E-state index contributed by atoms with van der Waals surface area (Å²) < 4.78 is 0. The second kappa shape index (κ2) is 5.48. The van der Waals surface area contributed by atoms with Gasteiger partial charge in [-0.1, -0.05) is 6.42 Å². The Kier molecular flexibility index (Phi) is 4.22. The third kappa shape index (κ3) is 2.76. The van der Waals surface area contributed by atoms with E-state index >= 15 is 0 Å². The zero-order chi connectivity index (χ0) is 11.5. The van der Waals surface area contributed by atoms with E-state index in [1.807, 2.05) is 0 Å². The van der Waals surface area contributed by atoms with Crippen molar-refractivity contribution in [2.75, 3.05) is 40.3 Å². The van der Waals surface area contributed by atoms with Crippen LogP contribution in [0.2, 0.25) is 0 Å². The van der Waals surface area contributed by atoms with Crippen LogP contribution in [0.3, 0.4) is 0 Å². The summed E-state index contributed by atoms with van der Waals surface area (Å²) in [6, 6.07) is 1.50. The lowest BCUT2D eigenvalue weighted by molar-refractivity contribution is 0.0817. The first-order chi connectivity index (χ1) is 7.70. The average molecular weight is 225 g/mol. The maximum Gasteiger partial charge on any atom is 0.0195 e. The fraction of sp³-hybridized carbons (Fsp3) is 1.00. The molecule has 2 rings (SSSR count). The summed E-state index contributed by atoms with van der Waals surface area (Å²) in [4.78, 5) is 5.14. The Morgan fingerprint density at radius 1 is 1.25 bits per heavy atom. The molecule has 0 amide bonds. The second-order valence-electron chi connectivity index (χ2n) is 5.69. The monoisotopic (exact) mass is 225 g/mol. The van der Waals surface area contributed by atoms with Crippen LogP contribution in [0.4, 0.5) is 0 Å². The highest BCUT2D eigenvalue weighted by Gasteiger charge is 2.30. The molecule has 0 spiro atoms. The molecule has 2 aliphatic rings. The van der Waals surface area contributed by atoms with E-state index in [1.165, 1.54) is 45.4 Å². The Balaban J connectivity index is 1.84. The average Bonchev–Trinajstić information content (AvgIpc) is 2.69. The number of nitrogens with zero attached hydrogens (tertiary/aromatic N) is 2. The molecule has 0 aromatic carbocycles. The number of rotatable bonds is 3. The smallest absolute Gasteiger partial charge is 0.0195 e. The molecule has 0 aromatic rings. The first kappa shape index (κ1) is 12.3. The van der Waals surface area contributed by atoms with Crippen LogP contribution in [0.1, 0.15) is 26.2 Å². The first-order valence-corrected chi connectivity index (χ1v) is 6.80. The van der Waals surface area contributed by atoms with E-state index in [4.69, 9.17) is 0 Å². The van der Waals surface area contributed by atoms with Crippen LogP contribution < -0.4 is 5.32 Å². The van der Waals surface area contributed by atoms with Crippen molar-refractivity contribution in [3.8, 4) is 0 Å². The molecule has 0 bridgehead atoms. The number of hydrogen-bond acceptors (Lipinski definition) is 3. The fourth-order valence-corrected chi connectivity index (χ4v) is 3.39. The van der Waals surface area contributed by atoms with Crippen molar-refractivity contribution in [2.24, 2.45) is 5.92 Å². The Morgan fingerprint density at radius 3 is 2.75 bits per heavy atom. The van der Waals surface area contributed by atoms with Crippen LogP contribution in [0.15, 0.2) is 0 Å². The van der Waals surface area contributed by atoms with E-state index in [9.17, 15) is 0 Å². The van der Waals surface area contributed by atoms with E-state index in [0.717, 1.165) is 18.0 Å². The van der Waals surface area contributed by atoms with Crippen molar-refractivity contribution >= 4 is 0 Å². The summed E-state index contributed by atoms with van der Waals surface area (Å²) >= 11 is 0. The van der Waals surface area contributed by atoms with Gasteiger partial charge in [-0.3, -0.25) is 4.90 Å². The summed E-state index contributed by atoms with van der Waals surface area (Å²) in [5.41, 5.74) is 0. The normalized spacial score (nSPS) is 38.1. The third-order valence-electron chi connectivity index (χ3n) is 4.47. The van der Waals surface area contributed by atoms with Crippen molar-refractivity contribution in [3.63, 3.8) is 0 Å². The van der Waals surface area contributed by atoms with Gasteiger partial charge in [-0.15, -0.1) is 0 Å². The van der Waals surface area contributed by atoms with Gasteiger partial charge in [0.15, 0.2) is 0 Å². The quantitative estimate of drug-likeness (QED) is 0.773. The molecule has 1 aliphatic heterocycles. The molecule has 2 fully saturated rings. The molecule has 3 nitrogen and oxygen atoms in total. The molecule has 1 aliphatic carbocycles. The van der Waals surface area contributed by atoms with Crippen molar-refractivity contribution in [2.45, 2.75) is 38.3 Å². The van der Waals surface area contributed by atoms with Gasteiger partial charge in [-0.2, -0.15) is 0 Å². The molecule has 94 valence electrons. The standard InChI is InChI=1S/C13H27N3/c1-11-9-15(3)7-8-16(11)10-12-5-4-6-13(12)14-2/h11-14H,4-10H2,1-3H3. The van der Waals surface area contributed by atoms with Crippen molar-refractivity contribution in [3.05, 3.63) is 0 Å². The van der Waals surface area contributed by atoms with Gasteiger partial charge in [-0.05, 0) is 39.8 Å². The number of nitrogens with one attached hydrogen (secondary N) is 1. The van der Waals surface area contributed by atoms with E-state index in [2.05, 4.69) is 36.1 Å². The third-order valence-corrected chi connectivity index (χ3v) is 4.47. The second-order valence-corrected chi connectivity index (χ2v) is 5.69. The van der Waals surface area contributed by atoms with E-state index in [1.54, 1.807) is 0 Å². The lowest BCUT2D eigenvalue weighted by atomic mass is 10.0. The molecule has 1 saturated carbocycles. The van der Waals surface area contributed by atoms with Crippen LogP contribution in [-0.4, -0.2) is 62.2 Å². The zero-order valence-electron chi connectivity index (χ0n) is 11.1. The minimum absolute atomic E-state index is 0.733. The van der Waals surface area contributed by atoms with Gasteiger partial charge in [0.1, 0.15) is 0 Å². The number of hydrogen-bond donors (Lipinski definition) is 1. The topological polar surface area (TPSA) is 18.5 Å². The SMILES string of the molecule is CNC1CCCC1CN1CCN(C)CC1C. The molecule has 3 unspecified atom stereocenters. The van der Waals surface area contributed by atoms with Crippen LogP contribution >= 0.6 is 0 Å². The zero-order valence-corrected chi connectivity index (χ0v) is 11.1. The lowest BCUT2D eigenvalue weighted by Crippen LogP contribution is -2.52. The molecule has 0 radical (unpaired) electrons. The maximum absolute atomic E-state index is 3.49. The summed E-state index contributed by atoms with van der Waals surface area (Å²) in [5.74, 6) is 0.885. The molecule has 1 heterocycles. The highest BCUT2D eigenvalue weighted by molar-refractivity contribution is 4.87. The van der Waals surface area contributed by atoms with Crippen LogP contribution in [0.5, 0.6) is 0 Å². The first-order valence-electron chi connectivity index (χ1n) is 6.80. The Bertz CT molecular complexity index is 219. The van der Waals surface area contributed by atoms with Gasteiger partial charge in [0.2, 0.25) is 0 Å². The Hall–Kier alpha value is -0.120. The molecule has 1 saturated heterocycles. The van der Waals surface area contributed by atoms with Crippen molar-refractivity contribution < 1.29 is 0 Å². The molecule has 3 atom stereocenters. The Labute approximate surface area is 100 Å². The summed E-state index contributed by atoms with van der Waals surface area (Å²) in [6.45, 7) is 7.41. The predicted octanol–water partition coefficient (Wildman–Crippen LogP) is 1.01. The van der Waals surface area contributed by atoms with Crippen molar-refractivity contribution in [1.82, 2.24) is 15.1 Å². The van der Waals surface area contributed by atoms with Crippen molar-refractivity contribution in [1.29, 1.82) is 0 Å². The fourth-order valence-electron chi connectivity index (χ4n) is 3.39. The summed E-state index contributed by atoms with van der Waals surface area (Å²) in [6.07, 6.45) is 4.21. The largest absolute Gasteiger partial charge is 0.317 e. The van der Waals surface area contributed by atoms with Gasteiger partial charge in [0.05, 0.1) is 0 Å². The lowest BCUT2D eigenvalue weighted by Gasteiger charge is -2.40. The summed E-state index contributed by atoms with van der Waals surface area (Å²) in [7, 11) is 4.36. The van der Waals surface area contributed by atoms with Gasteiger partial charge in [-0.25, -0.2) is 0 Å². The number of likely N-dealkylation sites (N-methyl/N-ethyl adjacent to an activating group) is 1. The van der Waals surface area contributed by atoms with Gasteiger partial charge in [0, 0.05) is 38.3 Å². The number of piperazine rings is 1. The van der Waals surface area contributed by atoms with E-state index in [0.29, 0.717) is 0 Å². The van der Waals surface area contributed by atoms with E-state index < -0.39 is 0 Å². The molecule has 16 heavy (non-hydrogen) atoms. The van der Waals surface area contributed by atoms with E-state index in [-0.39, 0.29) is 0 Å². The molecule has 3 heteroatoms. The highest BCUT2D eigenvalue weighted by atomic mass is 15.3. The predicted molar refractivity (Wildman–Crippen MR) is 68.7 cm³/mol. The van der Waals surface area contributed by atoms with Gasteiger partial charge >= 0.3 is 0 Å². The van der Waals surface area contributed by atoms with Crippen LogP contribution in [-0.2, 0) is 0 Å². The summed E-state index contributed by atoms with van der Waals surface area (Å²) in [5, 5.41) is 3.49. The van der Waals surface area contributed by atoms with Crippen LogP contribution in [0, 0.1) is 5.92 Å². The molecule has 0 aromatic heterocycles. The van der Waals surface area contributed by atoms with Gasteiger partial charge in [0.25, 0.3) is 0 Å². The minimum Gasteiger partial charge on any atom is -0.317 e. The maximum atomic E-state index is 3.49. The highest BCUT2D eigenvalue weighted by Crippen LogP contribution is 2.27. The van der Waals surface area contributed by atoms with Gasteiger partial charge < -0.3 is 10.2 Å². The molecular formula is C13H27N3. The molecule has 1 N–H and O–H groups in total. The minimum atomic E-state index is 0.733. The molecular weight excluding hydrogens is 198 g/mol. The Morgan fingerprint density at radius 2 is 2.06 bits per heavy atom.